The summed E-state index contributed by atoms with van der Waals surface area (Å²) in [5.41, 5.74) is 5.36. The largest absolute Gasteiger partial charge is 0.388 e. The highest BCUT2D eigenvalue weighted by molar-refractivity contribution is 4.91. The van der Waals surface area contributed by atoms with Crippen LogP contribution in [0, 0.1) is 0 Å². The van der Waals surface area contributed by atoms with Crippen molar-refractivity contribution < 1.29 is 24.1 Å². The molecule has 0 aromatic heterocycles. The average molecular weight is 233 g/mol. The summed E-state index contributed by atoms with van der Waals surface area (Å²) in [5.74, 6) is -0.714. The molecular weight excluding hydrogens is 214 g/mol. The lowest BCUT2D eigenvalue weighted by atomic mass is 10.1. The van der Waals surface area contributed by atoms with E-state index in [1.165, 1.54) is 0 Å². The molecule has 4 unspecified atom stereocenters. The molecule has 2 aliphatic rings. The lowest BCUT2D eigenvalue weighted by Crippen LogP contribution is -2.52. The number of aliphatic hydroxyl groups is 1. The normalized spacial score (nSPS) is 42.0. The molecule has 2 rings (SSSR count). The van der Waals surface area contributed by atoms with E-state index >= 15 is 0 Å². The summed E-state index contributed by atoms with van der Waals surface area (Å²) in [6.45, 7) is 4.61. The van der Waals surface area contributed by atoms with Crippen LogP contribution in [0.25, 0.3) is 0 Å². The Kier molecular flexibility index (Phi) is 3.48. The van der Waals surface area contributed by atoms with Crippen molar-refractivity contribution in [3.63, 3.8) is 0 Å². The van der Waals surface area contributed by atoms with Gasteiger partial charge in [0, 0.05) is 6.54 Å². The molecule has 0 radical (unpaired) electrons. The second-order valence-electron chi connectivity index (χ2n) is 4.49. The Bertz CT molecular complexity index is 245. The molecule has 4 atom stereocenters. The van der Waals surface area contributed by atoms with E-state index in [1.807, 2.05) is 0 Å². The monoisotopic (exact) mass is 233 g/mol. The summed E-state index contributed by atoms with van der Waals surface area (Å²) in [7, 11) is 0. The number of fused-ring (bicyclic) bond motifs is 1. The Morgan fingerprint density at radius 1 is 1.38 bits per heavy atom. The molecule has 16 heavy (non-hydrogen) atoms. The molecule has 0 aliphatic carbocycles. The number of hydrogen-bond donors (Lipinski definition) is 2. The third-order valence-electron chi connectivity index (χ3n) is 2.64. The van der Waals surface area contributed by atoms with Crippen molar-refractivity contribution in [3.05, 3.63) is 0 Å². The highest BCUT2D eigenvalue weighted by Crippen LogP contribution is 2.35. The highest BCUT2D eigenvalue weighted by Gasteiger charge is 2.52. The molecule has 6 heteroatoms. The lowest BCUT2D eigenvalue weighted by Gasteiger charge is -2.34. The van der Waals surface area contributed by atoms with Crippen LogP contribution < -0.4 is 5.73 Å². The van der Waals surface area contributed by atoms with Gasteiger partial charge < -0.3 is 29.8 Å². The summed E-state index contributed by atoms with van der Waals surface area (Å²) >= 11 is 0. The SMILES string of the molecule is CC1(C)OC2C(O)COC(OCCN)C2O1. The molecule has 6 nitrogen and oxygen atoms in total. The second kappa shape index (κ2) is 4.56. The van der Waals surface area contributed by atoms with E-state index in [1.54, 1.807) is 13.8 Å². The molecule has 0 saturated carbocycles. The van der Waals surface area contributed by atoms with Gasteiger partial charge in [-0.25, -0.2) is 0 Å². The van der Waals surface area contributed by atoms with Crippen molar-refractivity contribution in [3.8, 4) is 0 Å². The predicted octanol–water partition coefficient (Wildman–Crippen LogP) is -0.801. The van der Waals surface area contributed by atoms with Gasteiger partial charge in [-0.1, -0.05) is 0 Å². The van der Waals surface area contributed by atoms with Crippen LogP contribution in [0.5, 0.6) is 0 Å². The van der Waals surface area contributed by atoms with Crippen molar-refractivity contribution in [1.82, 2.24) is 0 Å². The van der Waals surface area contributed by atoms with Crippen molar-refractivity contribution >= 4 is 0 Å². The van der Waals surface area contributed by atoms with Gasteiger partial charge in [0.1, 0.15) is 18.3 Å². The maximum absolute atomic E-state index is 9.74. The van der Waals surface area contributed by atoms with E-state index in [0.717, 1.165) is 0 Å². The van der Waals surface area contributed by atoms with E-state index in [2.05, 4.69) is 0 Å². The molecule has 2 fully saturated rings. The first kappa shape index (κ1) is 12.2. The Hall–Kier alpha value is -0.240. The molecular formula is C10H19NO5. The first-order valence-electron chi connectivity index (χ1n) is 5.50. The quantitative estimate of drug-likeness (QED) is 0.664. The highest BCUT2D eigenvalue weighted by atomic mass is 16.8. The topological polar surface area (TPSA) is 83.2 Å². The molecule has 0 spiro atoms. The Morgan fingerprint density at radius 2 is 2.06 bits per heavy atom. The predicted molar refractivity (Wildman–Crippen MR) is 54.6 cm³/mol. The maximum atomic E-state index is 9.74. The molecule has 0 bridgehead atoms. The van der Waals surface area contributed by atoms with Gasteiger partial charge in [-0.3, -0.25) is 0 Å². The van der Waals surface area contributed by atoms with E-state index in [4.69, 9.17) is 24.7 Å². The van der Waals surface area contributed by atoms with Gasteiger partial charge >= 0.3 is 0 Å². The van der Waals surface area contributed by atoms with Gasteiger partial charge in [0.15, 0.2) is 12.1 Å². The van der Waals surface area contributed by atoms with Gasteiger partial charge in [0.05, 0.1) is 13.2 Å². The van der Waals surface area contributed by atoms with Crippen LogP contribution in [0.15, 0.2) is 0 Å². The fraction of sp³-hybridized carbons (Fsp3) is 1.00. The molecule has 2 saturated heterocycles. The zero-order chi connectivity index (χ0) is 11.8. The minimum atomic E-state index is -0.714. The Balaban J connectivity index is 2.02. The average Bonchev–Trinajstić information content (AvgIpc) is 2.54. The summed E-state index contributed by atoms with van der Waals surface area (Å²) in [4.78, 5) is 0. The van der Waals surface area contributed by atoms with Gasteiger partial charge in [-0.2, -0.15) is 0 Å². The van der Waals surface area contributed by atoms with Crippen LogP contribution in [0.2, 0.25) is 0 Å². The molecule has 0 aromatic carbocycles. The number of nitrogens with two attached hydrogens (primary N) is 1. The lowest BCUT2D eigenvalue weighted by molar-refractivity contribution is -0.246. The van der Waals surface area contributed by atoms with Crippen molar-refractivity contribution in [2.75, 3.05) is 19.8 Å². The van der Waals surface area contributed by atoms with Crippen molar-refractivity contribution in [1.29, 1.82) is 0 Å². The van der Waals surface area contributed by atoms with Gasteiger partial charge in [-0.15, -0.1) is 0 Å². The van der Waals surface area contributed by atoms with E-state index in [9.17, 15) is 5.11 Å². The number of hydrogen-bond acceptors (Lipinski definition) is 6. The van der Waals surface area contributed by atoms with Crippen LogP contribution in [-0.4, -0.2) is 55.3 Å². The van der Waals surface area contributed by atoms with E-state index in [-0.39, 0.29) is 6.61 Å². The molecule has 3 N–H and O–H groups in total. The van der Waals surface area contributed by atoms with Gasteiger partial charge in [-0.05, 0) is 13.8 Å². The fourth-order valence-electron chi connectivity index (χ4n) is 2.04. The number of ether oxygens (including phenoxy) is 4. The standard InChI is InChI=1S/C10H19NO5/c1-10(2)15-7-6(12)5-14-9(8(7)16-10)13-4-3-11/h6-9,12H,3-5,11H2,1-2H3. The first-order chi connectivity index (χ1) is 7.53. The first-order valence-corrected chi connectivity index (χ1v) is 5.50. The van der Waals surface area contributed by atoms with Crippen LogP contribution in [0.3, 0.4) is 0 Å². The summed E-state index contributed by atoms with van der Waals surface area (Å²) in [6.07, 6.45) is -1.99. The third-order valence-corrected chi connectivity index (χ3v) is 2.64. The van der Waals surface area contributed by atoms with E-state index in [0.29, 0.717) is 13.2 Å². The molecule has 94 valence electrons. The van der Waals surface area contributed by atoms with Crippen molar-refractivity contribution in [2.24, 2.45) is 5.73 Å². The third kappa shape index (κ3) is 2.37. The maximum Gasteiger partial charge on any atom is 0.186 e. The minimum absolute atomic E-state index is 0.190. The summed E-state index contributed by atoms with van der Waals surface area (Å²) in [5, 5.41) is 9.74. The molecule has 0 aromatic rings. The van der Waals surface area contributed by atoms with Crippen LogP contribution >= 0.6 is 0 Å². The van der Waals surface area contributed by atoms with Crippen LogP contribution in [0.4, 0.5) is 0 Å². The Labute approximate surface area is 94.6 Å². The zero-order valence-electron chi connectivity index (χ0n) is 9.59. The molecule has 0 amide bonds. The number of rotatable bonds is 3. The van der Waals surface area contributed by atoms with Crippen LogP contribution in [0.1, 0.15) is 13.8 Å². The van der Waals surface area contributed by atoms with Gasteiger partial charge in [0.25, 0.3) is 0 Å². The molecule has 2 heterocycles. The summed E-state index contributed by atoms with van der Waals surface area (Å²) in [6, 6.07) is 0. The van der Waals surface area contributed by atoms with Gasteiger partial charge in [0.2, 0.25) is 0 Å². The smallest absolute Gasteiger partial charge is 0.186 e. The van der Waals surface area contributed by atoms with E-state index < -0.39 is 30.4 Å². The Morgan fingerprint density at radius 3 is 2.75 bits per heavy atom. The zero-order valence-corrected chi connectivity index (χ0v) is 9.59. The fourth-order valence-corrected chi connectivity index (χ4v) is 2.04. The number of aliphatic hydroxyl groups excluding tert-OH is 1. The second-order valence-corrected chi connectivity index (χ2v) is 4.49. The summed E-state index contributed by atoms with van der Waals surface area (Å²) < 4.78 is 22.1. The minimum Gasteiger partial charge on any atom is -0.388 e. The molecule has 2 aliphatic heterocycles. The van der Waals surface area contributed by atoms with Crippen LogP contribution in [-0.2, 0) is 18.9 Å². The van der Waals surface area contributed by atoms with Crippen molar-refractivity contribution in [2.45, 2.75) is 44.2 Å².